The van der Waals surface area contributed by atoms with E-state index in [4.69, 9.17) is 0 Å². The van der Waals surface area contributed by atoms with Crippen molar-refractivity contribution in [3.05, 3.63) is 11.8 Å². The summed E-state index contributed by atoms with van der Waals surface area (Å²) < 4.78 is 3.41. The molecule has 0 amide bonds. The molecule has 0 radical (unpaired) electrons. The van der Waals surface area contributed by atoms with E-state index in [2.05, 4.69) is 56.4 Å². The van der Waals surface area contributed by atoms with Gasteiger partial charge in [0.05, 0.1) is 0 Å². The van der Waals surface area contributed by atoms with Gasteiger partial charge < -0.3 is 0 Å². The summed E-state index contributed by atoms with van der Waals surface area (Å²) in [5.41, 5.74) is 1.29. The molecule has 0 saturated heterocycles. The van der Waals surface area contributed by atoms with Gasteiger partial charge in [0.2, 0.25) is 0 Å². The van der Waals surface area contributed by atoms with Crippen LogP contribution < -0.4 is 0 Å². The van der Waals surface area contributed by atoms with Gasteiger partial charge in [-0.3, -0.25) is 0 Å². The fourth-order valence-electron chi connectivity index (χ4n) is 1.17. The van der Waals surface area contributed by atoms with E-state index in [1.165, 1.54) is 5.70 Å². The first-order valence-electron chi connectivity index (χ1n) is 5.35. The second kappa shape index (κ2) is 6.39. The third-order valence-corrected chi connectivity index (χ3v) is 4.54. The normalized spacial score (nSPS) is 12.0. The Morgan fingerprint density at radius 3 is 2.07 bits per heavy atom. The Labute approximate surface area is 93.4 Å². The predicted molar refractivity (Wildman–Crippen MR) is 67.8 cm³/mol. The molecule has 14 heavy (non-hydrogen) atoms. The van der Waals surface area contributed by atoms with Gasteiger partial charge >= 0.3 is 93.6 Å². The quantitative estimate of drug-likeness (QED) is 0.572. The number of allylic oxidation sites excluding steroid dienone is 2. The Morgan fingerprint density at radius 1 is 1.21 bits per heavy atom. The van der Waals surface area contributed by atoms with Crippen molar-refractivity contribution < 1.29 is 0 Å². The van der Waals surface area contributed by atoms with Crippen LogP contribution in [0.25, 0.3) is 0 Å². The van der Waals surface area contributed by atoms with Crippen LogP contribution in [0.15, 0.2) is 11.8 Å². The molecular formula is C12H23NSn. The van der Waals surface area contributed by atoms with Crippen molar-refractivity contribution in [2.75, 3.05) is 13.1 Å². The third-order valence-electron chi connectivity index (χ3n) is 1.99. The first-order valence-corrected chi connectivity index (χ1v) is 15.3. The Kier molecular flexibility index (Phi) is 6.35. The van der Waals surface area contributed by atoms with E-state index < -0.39 is 18.4 Å². The molecule has 0 aromatic heterocycles. The number of hydrogen-bond donors (Lipinski definition) is 0. The van der Waals surface area contributed by atoms with Gasteiger partial charge in [-0.2, -0.15) is 0 Å². The second-order valence-electron chi connectivity index (χ2n) is 4.48. The van der Waals surface area contributed by atoms with Crippen LogP contribution in [0.1, 0.15) is 20.8 Å². The molecule has 0 unspecified atom stereocenters. The molecule has 0 saturated carbocycles. The molecule has 0 N–H and O–H groups in total. The zero-order valence-corrected chi connectivity index (χ0v) is 13.3. The van der Waals surface area contributed by atoms with E-state index in [1.807, 2.05) is 0 Å². The van der Waals surface area contributed by atoms with Crippen molar-refractivity contribution >= 4 is 18.4 Å². The van der Waals surface area contributed by atoms with Gasteiger partial charge in [-0.1, -0.05) is 0 Å². The zero-order chi connectivity index (χ0) is 11.2. The van der Waals surface area contributed by atoms with Crippen molar-refractivity contribution in [1.29, 1.82) is 0 Å². The molecule has 1 nitrogen and oxygen atoms in total. The number of rotatable bonds is 3. The van der Waals surface area contributed by atoms with Crippen LogP contribution in [-0.2, 0) is 0 Å². The van der Waals surface area contributed by atoms with E-state index in [-0.39, 0.29) is 0 Å². The number of hydrogen-bond acceptors (Lipinski definition) is 1. The minimum absolute atomic E-state index is 1.07. The third kappa shape index (κ3) is 6.37. The first kappa shape index (κ1) is 13.9. The van der Waals surface area contributed by atoms with Gasteiger partial charge in [0.15, 0.2) is 0 Å². The average Bonchev–Trinajstić information content (AvgIpc) is 2.04. The molecule has 0 aliphatic carbocycles. The Balaban J connectivity index is 4.43. The van der Waals surface area contributed by atoms with Gasteiger partial charge in [0.25, 0.3) is 0 Å². The van der Waals surface area contributed by atoms with Gasteiger partial charge in [-0.05, 0) is 0 Å². The zero-order valence-electron chi connectivity index (χ0n) is 10.4. The van der Waals surface area contributed by atoms with Crippen LogP contribution in [0.5, 0.6) is 0 Å². The number of nitrogens with zero attached hydrogens (tertiary/aromatic N) is 1. The molecule has 0 spiro atoms. The molecule has 2 heteroatoms. The Bertz CT molecular complexity index is 246. The topological polar surface area (TPSA) is 3.24 Å². The van der Waals surface area contributed by atoms with Crippen molar-refractivity contribution in [2.45, 2.75) is 35.6 Å². The molecule has 0 aromatic rings. The molecule has 0 fully saturated rings. The van der Waals surface area contributed by atoms with Crippen molar-refractivity contribution in [3.8, 4) is 9.86 Å². The summed E-state index contributed by atoms with van der Waals surface area (Å²) in [5.74, 6) is 3.21. The van der Waals surface area contributed by atoms with Crippen molar-refractivity contribution in [3.63, 3.8) is 0 Å². The van der Waals surface area contributed by atoms with Crippen LogP contribution in [0, 0.1) is 9.86 Å². The summed E-state index contributed by atoms with van der Waals surface area (Å²) in [4.78, 5) is 9.33. The van der Waals surface area contributed by atoms with E-state index in [0.717, 1.165) is 13.1 Å². The fraction of sp³-hybridized carbons (Fsp3) is 0.667. The predicted octanol–water partition coefficient (Wildman–Crippen LogP) is 3.11. The summed E-state index contributed by atoms with van der Waals surface area (Å²) in [6, 6.07) is 0. The SMILES string of the molecule is CCN(CC)/C(C)=C/C#[C][Sn]([CH3])([CH3])[CH3]. The minimum atomic E-state index is -1.87. The van der Waals surface area contributed by atoms with Crippen LogP contribution in [0.2, 0.25) is 14.8 Å². The van der Waals surface area contributed by atoms with E-state index in [0.29, 0.717) is 0 Å². The summed E-state index contributed by atoms with van der Waals surface area (Å²) in [6.45, 7) is 8.63. The molecule has 0 aromatic carbocycles. The van der Waals surface area contributed by atoms with Gasteiger partial charge in [0.1, 0.15) is 0 Å². The molecule has 0 bridgehead atoms. The second-order valence-corrected chi connectivity index (χ2v) is 18.0. The first-order chi connectivity index (χ1) is 6.40. The monoisotopic (exact) mass is 301 g/mol. The van der Waals surface area contributed by atoms with E-state index in [1.54, 1.807) is 0 Å². The van der Waals surface area contributed by atoms with E-state index in [9.17, 15) is 0 Å². The van der Waals surface area contributed by atoms with Crippen LogP contribution >= 0.6 is 0 Å². The summed E-state index contributed by atoms with van der Waals surface area (Å²) in [5, 5.41) is 0. The molecular weight excluding hydrogens is 277 g/mol. The molecule has 0 atom stereocenters. The van der Waals surface area contributed by atoms with Crippen LogP contribution in [-0.4, -0.2) is 36.4 Å². The van der Waals surface area contributed by atoms with Crippen molar-refractivity contribution in [2.24, 2.45) is 0 Å². The maximum absolute atomic E-state index is 3.41. The molecule has 0 aliphatic rings. The van der Waals surface area contributed by atoms with Gasteiger partial charge in [-0.15, -0.1) is 0 Å². The molecule has 0 aliphatic heterocycles. The average molecular weight is 300 g/mol. The molecule has 80 valence electrons. The standard InChI is InChI=1S/C9H14N.3CH3.Sn/c1-5-8-9(4)10(6-2)7-3;;;;/h8H,6-7H2,2-4H3;3*1H3;/b9-8+;;;;. The summed E-state index contributed by atoms with van der Waals surface area (Å²) in [7, 11) is 0. The Hall–Kier alpha value is -0.101. The van der Waals surface area contributed by atoms with Gasteiger partial charge in [-0.25, -0.2) is 0 Å². The van der Waals surface area contributed by atoms with Crippen LogP contribution in [0.4, 0.5) is 0 Å². The van der Waals surface area contributed by atoms with Crippen molar-refractivity contribution in [1.82, 2.24) is 4.90 Å². The maximum atomic E-state index is 3.41. The van der Waals surface area contributed by atoms with Crippen LogP contribution in [0.3, 0.4) is 0 Å². The van der Waals surface area contributed by atoms with Gasteiger partial charge in [0, 0.05) is 0 Å². The molecule has 0 rings (SSSR count). The molecule has 0 heterocycles. The summed E-state index contributed by atoms with van der Waals surface area (Å²) >= 11 is -1.87. The van der Waals surface area contributed by atoms with E-state index >= 15 is 0 Å². The fourth-order valence-corrected chi connectivity index (χ4v) is 2.61. The Morgan fingerprint density at radius 2 is 1.71 bits per heavy atom. The summed E-state index contributed by atoms with van der Waals surface area (Å²) in [6.07, 6.45) is 2.06.